The molecule has 0 radical (unpaired) electrons. The zero-order valence-electron chi connectivity index (χ0n) is 19.9. The molecular weight excluding hydrogens is 494 g/mol. The van der Waals surface area contributed by atoms with Crippen molar-refractivity contribution < 1.29 is 22.8 Å². The van der Waals surface area contributed by atoms with E-state index in [9.17, 15) is 18.4 Å². The first-order chi connectivity index (χ1) is 17.7. The van der Waals surface area contributed by atoms with E-state index in [2.05, 4.69) is 0 Å². The standard InChI is InChI=1S/C29H20F2N2O3S/c1-17-8-10-21(14-18(17)2)33-28(35)24(27(34)32(29(33)37)20-6-4-3-5-7-20)16-22-11-13-26(36-22)23-12-9-19(30)15-25(23)31/h3-16H,1-2H3/b24-16-. The van der Waals surface area contributed by atoms with Crippen LogP contribution in [0.5, 0.6) is 0 Å². The van der Waals surface area contributed by atoms with E-state index in [-0.39, 0.29) is 27.8 Å². The van der Waals surface area contributed by atoms with Crippen LogP contribution in [0, 0.1) is 25.5 Å². The summed E-state index contributed by atoms with van der Waals surface area (Å²) in [6, 6.07) is 20.4. The molecule has 2 amide bonds. The molecule has 1 fully saturated rings. The molecular formula is C29H20F2N2O3S. The molecule has 0 saturated carbocycles. The lowest BCUT2D eigenvalue weighted by Gasteiger charge is -2.36. The van der Waals surface area contributed by atoms with Crippen molar-refractivity contribution in [3.63, 3.8) is 0 Å². The highest BCUT2D eigenvalue weighted by atomic mass is 32.1. The quantitative estimate of drug-likeness (QED) is 0.175. The van der Waals surface area contributed by atoms with Crippen molar-refractivity contribution in [3.8, 4) is 11.3 Å². The summed E-state index contributed by atoms with van der Waals surface area (Å²) in [4.78, 5) is 29.9. The van der Waals surface area contributed by atoms with Gasteiger partial charge in [-0.05, 0) is 91.8 Å². The number of hydrogen-bond acceptors (Lipinski definition) is 4. The first-order valence-corrected chi connectivity index (χ1v) is 11.8. The van der Waals surface area contributed by atoms with Crippen LogP contribution in [-0.2, 0) is 9.59 Å². The summed E-state index contributed by atoms with van der Waals surface area (Å²) in [7, 11) is 0. The Hall–Kier alpha value is -4.43. The Balaban J connectivity index is 1.61. The minimum absolute atomic E-state index is 0.0233. The summed E-state index contributed by atoms with van der Waals surface area (Å²) in [6.45, 7) is 3.88. The molecule has 37 heavy (non-hydrogen) atoms. The maximum absolute atomic E-state index is 14.3. The summed E-state index contributed by atoms with van der Waals surface area (Å²) >= 11 is 5.64. The normalized spacial score (nSPS) is 15.1. The first-order valence-electron chi connectivity index (χ1n) is 11.4. The second-order valence-electron chi connectivity index (χ2n) is 8.55. The van der Waals surface area contributed by atoms with Crippen molar-refractivity contribution in [2.45, 2.75) is 13.8 Å². The van der Waals surface area contributed by atoms with Crippen LogP contribution in [0.25, 0.3) is 17.4 Å². The molecule has 0 spiro atoms. The maximum Gasteiger partial charge on any atom is 0.270 e. The second-order valence-corrected chi connectivity index (χ2v) is 8.92. The van der Waals surface area contributed by atoms with Gasteiger partial charge in [-0.1, -0.05) is 24.3 Å². The number of halogens is 2. The van der Waals surface area contributed by atoms with E-state index in [1.165, 1.54) is 34.1 Å². The lowest BCUT2D eigenvalue weighted by Crippen LogP contribution is -2.57. The van der Waals surface area contributed by atoms with E-state index >= 15 is 0 Å². The highest BCUT2D eigenvalue weighted by molar-refractivity contribution is 7.81. The Morgan fingerprint density at radius 3 is 2.16 bits per heavy atom. The van der Waals surface area contributed by atoms with Gasteiger partial charge in [0.15, 0.2) is 5.11 Å². The van der Waals surface area contributed by atoms with Gasteiger partial charge in [0.2, 0.25) is 0 Å². The molecule has 8 heteroatoms. The summed E-state index contributed by atoms with van der Waals surface area (Å²) in [5.74, 6) is -2.46. The Morgan fingerprint density at radius 1 is 0.784 bits per heavy atom. The van der Waals surface area contributed by atoms with Gasteiger partial charge in [-0.3, -0.25) is 19.4 Å². The van der Waals surface area contributed by atoms with Crippen molar-refractivity contribution in [1.82, 2.24) is 0 Å². The smallest absolute Gasteiger partial charge is 0.270 e. The highest BCUT2D eigenvalue weighted by Crippen LogP contribution is 2.32. The van der Waals surface area contributed by atoms with Crippen molar-refractivity contribution in [2.75, 3.05) is 9.80 Å². The lowest BCUT2D eigenvalue weighted by molar-refractivity contribution is -0.120. The second kappa shape index (κ2) is 9.55. The van der Waals surface area contributed by atoms with E-state index in [0.717, 1.165) is 23.3 Å². The molecule has 0 bridgehead atoms. The van der Waals surface area contributed by atoms with Gasteiger partial charge in [-0.15, -0.1) is 0 Å². The molecule has 1 aromatic heterocycles. The van der Waals surface area contributed by atoms with E-state index in [4.69, 9.17) is 16.6 Å². The molecule has 5 nitrogen and oxygen atoms in total. The Kier molecular flexibility index (Phi) is 6.27. The molecule has 184 valence electrons. The lowest BCUT2D eigenvalue weighted by atomic mass is 10.1. The fourth-order valence-corrected chi connectivity index (χ4v) is 4.41. The van der Waals surface area contributed by atoms with E-state index in [1.807, 2.05) is 32.0 Å². The number of anilines is 2. The molecule has 5 rings (SSSR count). The molecule has 4 aromatic rings. The van der Waals surface area contributed by atoms with Crippen LogP contribution in [0.3, 0.4) is 0 Å². The number of hydrogen-bond donors (Lipinski definition) is 0. The number of rotatable bonds is 4. The monoisotopic (exact) mass is 514 g/mol. The Bertz CT molecular complexity index is 1590. The largest absolute Gasteiger partial charge is 0.457 e. The van der Waals surface area contributed by atoms with Gasteiger partial charge in [0.1, 0.15) is 28.7 Å². The van der Waals surface area contributed by atoms with Gasteiger partial charge in [-0.2, -0.15) is 0 Å². The molecule has 0 aliphatic carbocycles. The average Bonchev–Trinajstić information content (AvgIpc) is 3.33. The van der Waals surface area contributed by atoms with Crippen LogP contribution in [0.2, 0.25) is 0 Å². The topological polar surface area (TPSA) is 53.8 Å². The van der Waals surface area contributed by atoms with Gasteiger partial charge in [0.05, 0.1) is 16.9 Å². The number of carbonyl (C=O) groups excluding carboxylic acids is 2. The van der Waals surface area contributed by atoms with Crippen LogP contribution >= 0.6 is 12.2 Å². The van der Waals surface area contributed by atoms with Crippen LogP contribution in [0.1, 0.15) is 16.9 Å². The molecule has 1 aliphatic heterocycles. The number of thiocarbonyl (C=S) groups is 1. The van der Waals surface area contributed by atoms with E-state index in [0.29, 0.717) is 11.4 Å². The summed E-state index contributed by atoms with van der Waals surface area (Å²) in [5.41, 5.74) is 2.89. The minimum Gasteiger partial charge on any atom is -0.457 e. The summed E-state index contributed by atoms with van der Waals surface area (Å²) < 4.78 is 33.3. The molecule has 3 aromatic carbocycles. The van der Waals surface area contributed by atoms with Gasteiger partial charge >= 0.3 is 0 Å². The summed E-state index contributed by atoms with van der Waals surface area (Å²) in [5, 5.41) is 0.0233. The van der Waals surface area contributed by atoms with Crippen molar-refractivity contribution in [3.05, 3.63) is 113 Å². The van der Waals surface area contributed by atoms with E-state index in [1.54, 1.807) is 30.3 Å². The highest BCUT2D eigenvalue weighted by Gasteiger charge is 2.41. The van der Waals surface area contributed by atoms with Crippen molar-refractivity contribution in [1.29, 1.82) is 0 Å². The molecule has 1 saturated heterocycles. The molecule has 1 aliphatic rings. The van der Waals surface area contributed by atoms with Gasteiger partial charge in [0, 0.05) is 6.07 Å². The fourth-order valence-electron chi connectivity index (χ4n) is 4.03. The first kappa shape index (κ1) is 24.3. The molecule has 0 N–H and O–H groups in total. The van der Waals surface area contributed by atoms with Crippen LogP contribution in [-0.4, -0.2) is 16.9 Å². The predicted molar refractivity (Wildman–Crippen MR) is 142 cm³/mol. The third kappa shape index (κ3) is 4.47. The van der Waals surface area contributed by atoms with Crippen LogP contribution < -0.4 is 9.80 Å². The number of aryl methyl sites for hydroxylation is 2. The van der Waals surface area contributed by atoms with Crippen LogP contribution in [0.4, 0.5) is 20.2 Å². The zero-order chi connectivity index (χ0) is 26.3. The number of furan rings is 1. The number of carbonyl (C=O) groups is 2. The fraction of sp³-hybridized carbons (Fsp3) is 0.0690. The SMILES string of the molecule is Cc1ccc(N2C(=O)/C(=C\c3ccc(-c4ccc(F)cc4F)o3)C(=O)N(c3ccccc3)C2=S)cc1C. The van der Waals surface area contributed by atoms with Crippen molar-refractivity contribution in [2.24, 2.45) is 0 Å². The van der Waals surface area contributed by atoms with Gasteiger partial charge < -0.3 is 4.42 Å². The maximum atomic E-state index is 14.3. The number of benzene rings is 3. The molecule has 0 atom stereocenters. The van der Waals surface area contributed by atoms with E-state index < -0.39 is 23.4 Å². The predicted octanol–water partition coefficient (Wildman–Crippen LogP) is 6.59. The summed E-state index contributed by atoms with van der Waals surface area (Å²) in [6.07, 6.45) is 1.31. The van der Waals surface area contributed by atoms with Crippen molar-refractivity contribution >= 4 is 46.6 Å². The number of nitrogens with zero attached hydrogens (tertiary/aromatic N) is 2. The molecule has 0 unspecified atom stereocenters. The third-order valence-electron chi connectivity index (χ3n) is 6.12. The number of para-hydroxylation sites is 1. The minimum atomic E-state index is -0.792. The average molecular weight is 515 g/mol. The Morgan fingerprint density at radius 2 is 1.49 bits per heavy atom. The van der Waals surface area contributed by atoms with Gasteiger partial charge in [0.25, 0.3) is 11.8 Å². The Labute approximate surface area is 217 Å². The van der Waals surface area contributed by atoms with Gasteiger partial charge in [-0.25, -0.2) is 8.78 Å². The zero-order valence-corrected chi connectivity index (χ0v) is 20.7. The molecule has 2 heterocycles. The number of amides is 2. The van der Waals surface area contributed by atoms with Crippen LogP contribution in [0.15, 0.2) is 88.9 Å². The third-order valence-corrected chi connectivity index (χ3v) is 6.49.